The zero-order chi connectivity index (χ0) is 22.7. The van der Waals surface area contributed by atoms with Gasteiger partial charge in [-0.05, 0) is 56.5 Å². The van der Waals surface area contributed by atoms with Crippen LogP contribution in [0.5, 0.6) is 5.75 Å². The van der Waals surface area contributed by atoms with Gasteiger partial charge >= 0.3 is 0 Å². The first kappa shape index (κ1) is 22.6. The number of anilines is 2. The number of hydrogen-bond donors (Lipinski definition) is 0. The van der Waals surface area contributed by atoms with E-state index in [1.807, 2.05) is 12.1 Å². The zero-order valence-corrected chi connectivity index (χ0v) is 19.7. The molecule has 0 unspecified atom stereocenters. The number of pyridine rings is 1. The van der Waals surface area contributed by atoms with Crippen molar-refractivity contribution in [2.45, 2.75) is 58.2 Å². The largest absolute Gasteiger partial charge is 0.489 e. The number of ketones is 1. The third kappa shape index (κ3) is 5.60. The first-order chi connectivity index (χ1) is 15.3. The maximum atomic E-state index is 11.4. The van der Waals surface area contributed by atoms with Gasteiger partial charge in [0.2, 0.25) is 0 Å². The number of morpholine rings is 1. The van der Waals surface area contributed by atoms with Crippen LogP contribution in [-0.4, -0.2) is 55.3 Å². The SMILES string of the molecule is CC(=O)C[C@@H](C)c1ccc(O[C@@H]2CCN(c3cccc(N4CCOC(C)(C)C4)n3)C2)cc1. The Morgan fingerprint density at radius 2 is 1.88 bits per heavy atom. The number of aromatic nitrogens is 1. The first-order valence-electron chi connectivity index (χ1n) is 11.7. The van der Waals surface area contributed by atoms with Crippen molar-refractivity contribution < 1.29 is 14.3 Å². The van der Waals surface area contributed by atoms with Crippen molar-refractivity contribution >= 4 is 17.4 Å². The van der Waals surface area contributed by atoms with E-state index in [9.17, 15) is 4.79 Å². The smallest absolute Gasteiger partial charge is 0.131 e. The quantitative estimate of drug-likeness (QED) is 0.638. The molecular formula is C26H35N3O3. The number of rotatable bonds is 7. The van der Waals surface area contributed by atoms with Gasteiger partial charge in [-0.2, -0.15) is 0 Å². The van der Waals surface area contributed by atoms with Crippen molar-refractivity contribution in [2.75, 3.05) is 42.6 Å². The predicted molar refractivity (Wildman–Crippen MR) is 128 cm³/mol. The molecule has 1 aromatic heterocycles. The minimum absolute atomic E-state index is 0.142. The maximum Gasteiger partial charge on any atom is 0.131 e. The molecule has 1 aromatic carbocycles. The molecule has 0 aliphatic carbocycles. The van der Waals surface area contributed by atoms with Crippen LogP contribution in [0.2, 0.25) is 0 Å². The number of Topliss-reactive ketones (excluding diaryl/α,β-unsaturated/α-hetero) is 1. The lowest BCUT2D eigenvalue weighted by Crippen LogP contribution is -2.48. The summed E-state index contributed by atoms with van der Waals surface area (Å²) in [6.07, 6.45) is 1.69. The van der Waals surface area contributed by atoms with Crippen LogP contribution in [0.25, 0.3) is 0 Å². The average Bonchev–Trinajstić information content (AvgIpc) is 3.22. The van der Waals surface area contributed by atoms with Gasteiger partial charge in [-0.25, -0.2) is 4.98 Å². The average molecular weight is 438 g/mol. The molecule has 2 aromatic rings. The molecule has 0 saturated carbocycles. The van der Waals surface area contributed by atoms with Crippen LogP contribution in [-0.2, 0) is 9.53 Å². The fourth-order valence-corrected chi connectivity index (χ4v) is 4.63. The summed E-state index contributed by atoms with van der Waals surface area (Å²) in [5, 5.41) is 0. The van der Waals surface area contributed by atoms with E-state index in [0.29, 0.717) is 6.42 Å². The summed E-state index contributed by atoms with van der Waals surface area (Å²) < 4.78 is 12.1. The zero-order valence-electron chi connectivity index (χ0n) is 19.7. The van der Waals surface area contributed by atoms with Crippen LogP contribution in [0.3, 0.4) is 0 Å². The van der Waals surface area contributed by atoms with Gasteiger partial charge in [0.25, 0.3) is 0 Å². The van der Waals surface area contributed by atoms with Crippen LogP contribution in [0.15, 0.2) is 42.5 Å². The second-order valence-corrected chi connectivity index (χ2v) is 9.73. The molecule has 2 atom stereocenters. The lowest BCUT2D eigenvalue weighted by molar-refractivity contribution is -0.117. The Kier molecular flexibility index (Phi) is 6.70. The summed E-state index contributed by atoms with van der Waals surface area (Å²) in [6, 6.07) is 14.5. The fraction of sp³-hybridized carbons (Fsp3) is 0.538. The Hall–Kier alpha value is -2.60. The van der Waals surface area contributed by atoms with Gasteiger partial charge in [0.15, 0.2) is 0 Å². The van der Waals surface area contributed by atoms with Gasteiger partial charge in [-0.3, -0.25) is 0 Å². The molecule has 3 heterocycles. The Balaban J connectivity index is 1.35. The normalized spacial score (nSPS) is 21.4. The molecule has 0 spiro atoms. The van der Waals surface area contributed by atoms with E-state index >= 15 is 0 Å². The van der Waals surface area contributed by atoms with Crippen LogP contribution >= 0.6 is 0 Å². The standard InChI is InChI=1S/C26H35N3O3/c1-19(16-20(2)30)21-8-10-22(11-9-21)32-23-12-13-28(17-23)24-6-5-7-25(27-24)29-14-15-31-26(3,4)18-29/h5-11,19,23H,12-18H2,1-4H3/t19-,23-/m1/s1. The predicted octanol–water partition coefficient (Wildman–Crippen LogP) is 4.44. The second-order valence-electron chi connectivity index (χ2n) is 9.73. The minimum atomic E-state index is -0.151. The Labute approximate surface area is 191 Å². The lowest BCUT2D eigenvalue weighted by atomic mass is 9.96. The molecule has 6 heteroatoms. The molecule has 4 rings (SSSR count). The molecule has 2 fully saturated rings. The molecule has 2 aliphatic rings. The summed E-state index contributed by atoms with van der Waals surface area (Å²) in [4.78, 5) is 20.9. The molecule has 0 N–H and O–H groups in total. The highest BCUT2D eigenvalue weighted by atomic mass is 16.5. The Morgan fingerprint density at radius 3 is 2.56 bits per heavy atom. The van der Waals surface area contributed by atoms with Crippen molar-refractivity contribution in [1.82, 2.24) is 4.98 Å². The number of hydrogen-bond acceptors (Lipinski definition) is 6. The van der Waals surface area contributed by atoms with Gasteiger partial charge in [0.1, 0.15) is 29.3 Å². The summed E-state index contributed by atoms with van der Waals surface area (Å²) in [5.41, 5.74) is 1.02. The van der Waals surface area contributed by atoms with Crippen LogP contribution in [0, 0.1) is 0 Å². The van der Waals surface area contributed by atoms with Crippen molar-refractivity contribution in [1.29, 1.82) is 0 Å². The van der Waals surface area contributed by atoms with Crippen molar-refractivity contribution in [3.05, 3.63) is 48.0 Å². The fourth-order valence-electron chi connectivity index (χ4n) is 4.63. The number of ether oxygens (including phenoxy) is 2. The van der Waals surface area contributed by atoms with Gasteiger partial charge in [-0.1, -0.05) is 25.1 Å². The van der Waals surface area contributed by atoms with Gasteiger partial charge in [0.05, 0.1) is 18.8 Å². The summed E-state index contributed by atoms with van der Waals surface area (Å²) in [5.74, 6) is 3.36. The monoisotopic (exact) mass is 437 g/mol. The van der Waals surface area contributed by atoms with Gasteiger partial charge < -0.3 is 24.1 Å². The summed E-state index contributed by atoms with van der Waals surface area (Å²) in [6.45, 7) is 12.2. The molecule has 0 radical (unpaired) electrons. The van der Waals surface area contributed by atoms with Crippen molar-refractivity contribution in [3.8, 4) is 5.75 Å². The summed E-state index contributed by atoms with van der Waals surface area (Å²) in [7, 11) is 0. The van der Waals surface area contributed by atoms with E-state index in [1.54, 1.807) is 6.92 Å². The van der Waals surface area contributed by atoms with E-state index in [1.165, 1.54) is 5.56 Å². The highest BCUT2D eigenvalue weighted by Gasteiger charge is 2.29. The molecular weight excluding hydrogens is 402 g/mol. The number of carbonyl (C=O) groups excluding carboxylic acids is 1. The summed E-state index contributed by atoms with van der Waals surface area (Å²) >= 11 is 0. The van der Waals surface area contributed by atoms with E-state index in [0.717, 1.165) is 56.6 Å². The van der Waals surface area contributed by atoms with Crippen LogP contribution in [0.1, 0.15) is 52.0 Å². The first-order valence-corrected chi connectivity index (χ1v) is 11.7. The topological polar surface area (TPSA) is 54.9 Å². The molecule has 6 nitrogen and oxygen atoms in total. The number of carbonyl (C=O) groups is 1. The van der Waals surface area contributed by atoms with Crippen LogP contribution < -0.4 is 14.5 Å². The second kappa shape index (κ2) is 9.49. The third-order valence-electron chi connectivity index (χ3n) is 6.28. The van der Waals surface area contributed by atoms with Crippen molar-refractivity contribution in [2.24, 2.45) is 0 Å². The van der Waals surface area contributed by atoms with Gasteiger partial charge in [-0.15, -0.1) is 0 Å². The third-order valence-corrected chi connectivity index (χ3v) is 6.28. The van der Waals surface area contributed by atoms with Gasteiger partial charge in [0, 0.05) is 32.5 Å². The maximum absolute atomic E-state index is 11.4. The van der Waals surface area contributed by atoms with E-state index < -0.39 is 0 Å². The molecule has 0 bridgehead atoms. The van der Waals surface area contributed by atoms with E-state index in [4.69, 9.17) is 14.5 Å². The lowest BCUT2D eigenvalue weighted by Gasteiger charge is -2.39. The van der Waals surface area contributed by atoms with E-state index in [2.05, 4.69) is 60.9 Å². The number of nitrogens with zero attached hydrogens (tertiary/aromatic N) is 3. The molecule has 2 aliphatic heterocycles. The van der Waals surface area contributed by atoms with Crippen LogP contribution in [0.4, 0.5) is 11.6 Å². The highest BCUT2D eigenvalue weighted by molar-refractivity contribution is 5.76. The highest BCUT2D eigenvalue weighted by Crippen LogP contribution is 2.28. The minimum Gasteiger partial charge on any atom is -0.489 e. The molecule has 0 amide bonds. The number of benzene rings is 1. The molecule has 172 valence electrons. The molecule has 2 saturated heterocycles. The Bertz CT molecular complexity index is 928. The molecule has 32 heavy (non-hydrogen) atoms. The van der Waals surface area contributed by atoms with Crippen molar-refractivity contribution in [3.63, 3.8) is 0 Å². The van der Waals surface area contributed by atoms with E-state index in [-0.39, 0.29) is 23.4 Å². The Morgan fingerprint density at radius 1 is 1.16 bits per heavy atom.